The second-order valence-electron chi connectivity index (χ2n) is 5.63. The van der Waals surface area contributed by atoms with Gasteiger partial charge >= 0.3 is 0 Å². The van der Waals surface area contributed by atoms with Crippen molar-refractivity contribution >= 4 is 15.9 Å². The van der Waals surface area contributed by atoms with Crippen LogP contribution in [0.3, 0.4) is 0 Å². The van der Waals surface area contributed by atoms with Crippen LogP contribution in [0.2, 0.25) is 0 Å². The van der Waals surface area contributed by atoms with Gasteiger partial charge in [0.1, 0.15) is 11.4 Å². The Labute approximate surface area is 111 Å². The maximum absolute atomic E-state index is 6.30. The highest BCUT2D eigenvalue weighted by Crippen LogP contribution is 2.48. The first-order chi connectivity index (χ1) is 8.08. The van der Waals surface area contributed by atoms with E-state index in [9.17, 15) is 0 Å². The maximum atomic E-state index is 6.30. The summed E-state index contributed by atoms with van der Waals surface area (Å²) < 4.78 is 7.35. The Hall–Kier alpha value is -0.540. The number of hydrogen-bond donors (Lipinski definition) is 1. The molecule has 2 N–H and O–H groups in total. The van der Waals surface area contributed by atoms with Crippen LogP contribution in [0.5, 0.6) is 5.75 Å². The number of ether oxygens (including phenoxy) is 1. The fraction of sp³-hybridized carbons (Fsp3) is 0.571. The van der Waals surface area contributed by atoms with Crippen molar-refractivity contribution in [3.8, 4) is 5.75 Å². The molecule has 1 aromatic carbocycles. The molecule has 3 rings (SSSR count). The number of benzene rings is 1. The molecule has 3 atom stereocenters. The fourth-order valence-electron chi connectivity index (χ4n) is 3.32. The summed E-state index contributed by atoms with van der Waals surface area (Å²) in [6.45, 7) is 2.31. The van der Waals surface area contributed by atoms with Crippen molar-refractivity contribution in [2.75, 3.05) is 0 Å². The average molecular weight is 296 g/mol. The Morgan fingerprint density at radius 1 is 1.41 bits per heavy atom. The van der Waals surface area contributed by atoms with Crippen LogP contribution < -0.4 is 10.5 Å². The van der Waals surface area contributed by atoms with E-state index in [1.807, 2.05) is 6.07 Å². The summed E-state index contributed by atoms with van der Waals surface area (Å²) >= 11 is 3.50. The molecule has 0 aromatic heterocycles. The molecule has 0 bridgehead atoms. The van der Waals surface area contributed by atoms with E-state index in [0.717, 1.165) is 41.0 Å². The van der Waals surface area contributed by atoms with Crippen LogP contribution in [0, 0.1) is 5.92 Å². The van der Waals surface area contributed by atoms with E-state index in [4.69, 9.17) is 10.5 Å². The standard InChI is InChI=1S/C14H18BrNO/c1-9-4-5-14(7-9)8-12(16)11-3-2-10(15)6-13(11)17-14/h2-3,6,9,12H,4-5,7-8,16H2,1H3. The van der Waals surface area contributed by atoms with Gasteiger partial charge in [-0.05, 0) is 37.3 Å². The van der Waals surface area contributed by atoms with Gasteiger partial charge in [0.15, 0.2) is 0 Å². The van der Waals surface area contributed by atoms with Crippen molar-refractivity contribution in [1.82, 2.24) is 0 Å². The number of rotatable bonds is 0. The molecular formula is C14H18BrNO. The quantitative estimate of drug-likeness (QED) is 0.790. The number of hydrogen-bond acceptors (Lipinski definition) is 2. The van der Waals surface area contributed by atoms with E-state index in [2.05, 4.69) is 35.0 Å². The Morgan fingerprint density at radius 3 is 2.94 bits per heavy atom. The molecule has 1 saturated carbocycles. The lowest BCUT2D eigenvalue weighted by Crippen LogP contribution is -2.40. The van der Waals surface area contributed by atoms with Crippen molar-refractivity contribution in [2.45, 2.75) is 44.2 Å². The van der Waals surface area contributed by atoms with E-state index in [1.165, 1.54) is 6.42 Å². The van der Waals surface area contributed by atoms with Gasteiger partial charge in [-0.1, -0.05) is 28.9 Å². The molecule has 3 unspecified atom stereocenters. The molecule has 1 heterocycles. The third kappa shape index (κ3) is 2.00. The second-order valence-corrected chi connectivity index (χ2v) is 6.54. The van der Waals surface area contributed by atoms with Crippen molar-refractivity contribution in [3.63, 3.8) is 0 Å². The minimum atomic E-state index is 0.00657. The summed E-state index contributed by atoms with van der Waals surface area (Å²) in [4.78, 5) is 0. The van der Waals surface area contributed by atoms with E-state index in [-0.39, 0.29) is 11.6 Å². The first-order valence-electron chi connectivity index (χ1n) is 6.32. The Morgan fingerprint density at radius 2 is 2.24 bits per heavy atom. The summed E-state index contributed by atoms with van der Waals surface area (Å²) in [7, 11) is 0. The molecule has 0 radical (unpaired) electrons. The molecule has 1 aliphatic heterocycles. The van der Waals surface area contributed by atoms with Crippen LogP contribution in [0.25, 0.3) is 0 Å². The number of nitrogens with two attached hydrogens (primary N) is 1. The van der Waals surface area contributed by atoms with Crippen LogP contribution in [0.1, 0.15) is 44.2 Å². The molecule has 0 amide bonds. The highest BCUT2D eigenvalue weighted by molar-refractivity contribution is 9.10. The highest BCUT2D eigenvalue weighted by atomic mass is 79.9. The van der Waals surface area contributed by atoms with Crippen LogP contribution >= 0.6 is 15.9 Å². The Balaban J connectivity index is 1.97. The van der Waals surface area contributed by atoms with Crippen LogP contribution in [-0.2, 0) is 0 Å². The Kier molecular flexibility index (Phi) is 2.71. The van der Waals surface area contributed by atoms with Gasteiger partial charge in [0.2, 0.25) is 0 Å². The topological polar surface area (TPSA) is 35.2 Å². The summed E-state index contributed by atoms with van der Waals surface area (Å²) in [6.07, 6.45) is 4.52. The van der Waals surface area contributed by atoms with Gasteiger partial charge in [-0.2, -0.15) is 0 Å². The molecule has 2 aliphatic rings. The Bertz CT molecular complexity index is 448. The molecular weight excluding hydrogens is 278 g/mol. The molecule has 92 valence electrons. The normalized spacial score (nSPS) is 35.7. The molecule has 0 saturated heterocycles. The SMILES string of the molecule is CC1CCC2(C1)CC(N)c1ccc(Br)cc1O2. The minimum absolute atomic E-state index is 0.00657. The third-order valence-electron chi connectivity index (χ3n) is 4.11. The molecule has 1 aliphatic carbocycles. The van der Waals surface area contributed by atoms with Gasteiger partial charge in [-0.25, -0.2) is 0 Å². The van der Waals surface area contributed by atoms with Crippen LogP contribution in [0.4, 0.5) is 0 Å². The highest BCUT2D eigenvalue weighted by Gasteiger charge is 2.44. The second kappa shape index (κ2) is 3.99. The van der Waals surface area contributed by atoms with Gasteiger partial charge in [0.25, 0.3) is 0 Å². The van der Waals surface area contributed by atoms with Gasteiger partial charge in [0.05, 0.1) is 0 Å². The summed E-state index contributed by atoms with van der Waals surface area (Å²) in [6, 6.07) is 6.29. The zero-order valence-electron chi connectivity index (χ0n) is 10.1. The predicted octanol–water partition coefficient (Wildman–Crippen LogP) is 3.79. The van der Waals surface area contributed by atoms with Gasteiger partial charge in [-0.15, -0.1) is 0 Å². The third-order valence-corrected chi connectivity index (χ3v) is 4.60. The first-order valence-corrected chi connectivity index (χ1v) is 7.11. The van der Waals surface area contributed by atoms with Crippen molar-refractivity contribution in [1.29, 1.82) is 0 Å². The largest absolute Gasteiger partial charge is 0.487 e. The average Bonchev–Trinajstić information content (AvgIpc) is 2.58. The van der Waals surface area contributed by atoms with E-state index in [1.54, 1.807) is 0 Å². The van der Waals surface area contributed by atoms with Crippen molar-refractivity contribution in [3.05, 3.63) is 28.2 Å². The van der Waals surface area contributed by atoms with Crippen molar-refractivity contribution in [2.24, 2.45) is 11.7 Å². The lowest BCUT2D eigenvalue weighted by molar-refractivity contribution is 0.0393. The molecule has 1 aromatic rings. The number of halogens is 1. The summed E-state index contributed by atoms with van der Waals surface area (Å²) in [5.41, 5.74) is 7.46. The fourth-order valence-corrected chi connectivity index (χ4v) is 3.66. The monoisotopic (exact) mass is 295 g/mol. The van der Waals surface area contributed by atoms with Crippen LogP contribution in [-0.4, -0.2) is 5.60 Å². The molecule has 1 spiro atoms. The summed E-state index contributed by atoms with van der Waals surface area (Å²) in [5, 5.41) is 0. The van der Waals surface area contributed by atoms with Gasteiger partial charge in [0, 0.05) is 22.5 Å². The predicted molar refractivity (Wildman–Crippen MR) is 72.1 cm³/mol. The van der Waals surface area contributed by atoms with E-state index >= 15 is 0 Å². The smallest absolute Gasteiger partial charge is 0.126 e. The lowest BCUT2D eigenvalue weighted by Gasteiger charge is -2.39. The zero-order chi connectivity index (χ0) is 12.0. The van der Waals surface area contributed by atoms with E-state index < -0.39 is 0 Å². The summed E-state index contributed by atoms with van der Waals surface area (Å²) in [5.74, 6) is 1.74. The van der Waals surface area contributed by atoms with Crippen LogP contribution in [0.15, 0.2) is 22.7 Å². The van der Waals surface area contributed by atoms with E-state index in [0.29, 0.717) is 0 Å². The molecule has 2 nitrogen and oxygen atoms in total. The lowest BCUT2D eigenvalue weighted by atomic mass is 9.86. The minimum Gasteiger partial charge on any atom is -0.487 e. The number of fused-ring (bicyclic) bond motifs is 1. The first kappa shape index (κ1) is 11.5. The zero-order valence-corrected chi connectivity index (χ0v) is 11.7. The van der Waals surface area contributed by atoms with Gasteiger partial charge in [-0.3, -0.25) is 0 Å². The van der Waals surface area contributed by atoms with Gasteiger partial charge < -0.3 is 10.5 Å². The molecule has 3 heteroatoms. The maximum Gasteiger partial charge on any atom is 0.126 e. The molecule has 17 heavy (non-hydrogen) atoms. The van der Waals surface area contributed by atoms with Crippen molar-refractivity contribution < 1.29 is 4.74 Å². The molecule has 1 fully saturated rings.